The van der Waals surface area contributed by atoms with Crippen molar-refractivity contribution in [3.63, 3.8) is 0 Å². The Hall–Kier alpha value is -3.15. The molecule has 1 saturated heterocycles. The van der Waals surface area contributed by atoms with E-state index in [-0.39, 0.29) is 30.7 Å². The van der Waals surface area contributed by atoms with E-state index in [1.165, 1.54) is 42.2 Å². The van der Waals surface area contributed by atoms with Gasteiger partial charge in [-0.15, -0.1) is 0 Å². The highest BCUT2D eigenvalue weighted by atomic mass is 32.2. The van der Waals surface area contributed by atoms with Crippen LogP contribution in [0.1, 0.15) is 22.3 Å². The Balaban J connectivity index is 1.68. The topological polar surface area (TPSA) is 104 Å². The van der Waals surface area contributed by atoms with E-state index in [9.17, 15) is 22.8 Å². The first-order chi connectivity index (χ1) is 17.0. The van der Waals surface area contributed by atoms with Gasteiger partial charge in [-0.1, -0.05) is 30.3 Å². The van der Waals surface area contributed by atoms with Crippen molar-refractivity contribution in [1.82, 2.24) is 9.21 Å². The van der Waals surface area contributed by atoms with E-state index in [2.05, 4.69) is 17.4 Å². The predicted molar refractivity (Wildman–Crippen MR) is 141 cm³/mol. The highest BCUT2D eigenvalue weighted by molar-refractivity contribution is 7.92. The first-order valence-corrected chi connectivity index (χ1v) is 13.2. The van der Waals surface area contributed by atoms with Gasteiger partial charge in [0.15, 0.2) is 0 Å². The Labute approximate surface area is 216 Å². The number of methoxy groups -OCH3 is 1. The van der Waals surface area contributed by atoms with Crippen molar-refractivity contribution in [3.05, 3.63) is 71.1 Å². The Morgan fingerprint density at radius 2 is 1.72 bits per heavy atom. The molecule has 0 radical (unpaired) electrons. The van der Waals surface area contributed by atoms with Gasteiger partial charge in [-0.25, -0.2) is 13.2 Å². The van der Waals surface area contributed by atoms with E-state index in [0.717, 1.165) is 15.3 Å². The number of benzene rings is 2. The molecule has 192 valence electrons. The molecule has 0 N–H and O–H groups in total. The lowest BCUT2D eigenvalue weighted by Gasteiger charge is -2.27. The van der Waals surface area contributed by atoms with Crippen LogP contribution in [0.5, 0.6) is 0 Å². The van der Waals surface area contributed by atoms with Crippen LogP contribution in [-0.4, -0.2) is 81.0 Å². The smallest absolute Gasteiger partial charge is 0.337 e. The van der Waals surface area contributed by atoms with E-state index in [1.807, 2.05) is 6.07 Å². The first-order valence-electron chi connectivity index (χ1n) is 11.2. The Morgan fingerprint density at radius 1 is 1.08 bits per heavy atom. The SMILES string of the molecule is COC(=O)c1ccc(N(C)C(=O)CN(C)C(=O)C2CC(S)CN2S(=O)(=O)/C=C/c2ccccc2)cc1. The lowest BCUT2D eigenvalue weighted by Crippen LogP contribution is -2.48. The molecule has 2 amide bonds. The van der Waals surface area contributed by atoms with E-state index >= 15 is 0 Å². The normalized spacial score (nSPS) is 18.2. The van der Waals surface area contributed by atoms with Crippen LogP contribution in [-0.2, 0) is 24.3 Å². The van der Waals surface area contributed by atoms with Gasteiger partial charge in [0.2, 0.25) is 21.8 Å². The first kappa shape index (κ1) is 27.4. The van der Waals surface area contributed by atoms with Crippen LogP contribution in [0.3, 0.4) is 0 Å². The molecule has 1 aliphatic rings. The highest BCUT2D eigenvalue weighted by Gasteiger charge is 2.42. The van der Waals surface area contributed by atoms with Gasteiger partial charge in [0.25, 0.3) is 0 Å². The van der Waals surface area contributed by atoms with Crippen LogP contribution in [0.15, 0.2) is 60.0 Å². The zero-order chi connectivity index (χ0) is 26.5. The molecular weight excluding hydrogens is 502 g/mol. The number of ether oxygens (including phenoxy) is 1. The number of anilines is 1. The van der Waals surface area contributed by atoms with Crippen molar-refractivity contribution in [2.24, 2.45) is 0 Å². The monoisotopic (exact) mass is 531 g/mol. The summed E-state index contributed by atoms with van der Waals surface area (Å²) < 4.78 is 31.9. The molecule has 36 heavy (non-hydrogen) atoms. The maximum atomic E-state index is 13.2. The largest absolute Gasteiger partial charge is 0.465 e. The molecule has 0 aromatic heterocycles. The number of amides is 2. The number of hydrogen-bond acceptors (Lipinski definition) is 7. The van der Waals surface area contributed by atoms with Gasteiger partial charge in [0.05, 0.1) is 19.2 Å². The number of carbonyl (C=O) groups is 3. The Morgan fingerprint density at radius 3 is 2.33 bits per heavy atom. The Bertz CT molecular complexity index is 1230. The third-order valence-electron chi connectivity index (χ3n) is 5.88. The number of sulfonamides is 1. The molecule has 0 saturated carbocycles. The lowest BCUT2D eigenvalue weighted by atomic mass is 10.2. The van der Waals surface area contributed by atoms with Gasteiger partial charge in [0, 0.05) is 37.0 Å². The van der Waals surface area contributed by atoms with Crippen molar-refractivity contribution < 1.29 is 27.5 Å². The average molecular weight is 532 g/mol. The highest BCUT2D eigenvalue weighted by Crippen LogP contribution is 2.27. The second-order valence-electron chi connectivity index (χ2n) is 8.42. The summed E-state index contributed by atoms with van der Waals surface area (Å²) in [6, 6.07) is 14.3. The third kappa shape index (κ3) is 6.54. The number of thiol groups is 1. The van der Waals surface area contributed by atoms with Gasteiger partial charge in [-0.3, -0.25) is 9.59 Å². The average Bonchev–Trinajstić information content (AvgIpc) is 3.29. The molecule has 0 spiro atoms. The number of rotatable bonds is 8. The number of nitrogens with zero attached hydrogens (tertiary/aromatic N) is 3. The number of hydrogen-bond donors (Lipinski definition) is 1. The molecule has 11 heteroatoms. The van der Waals surface area contributed by atoms with Gasteiger partial charge >= 0.3 is 5.97 Å². The summed E-state index contributed by atoms with van der Waals surface area (Å²) in [5.74, 6) is -1.35. The van der Waals surface area contributed by atoms with Crippen molar-refractivity contribution in [2.45, 2.75) is 17.7 Å². The fraction of sp³-hybridized carbons (Fsp3) is 0.320. The molecule has 2 aromatic carbocycles. The van der Waals surface area contributed by atoms with Crippen molar-refractivity contribution in [3.8, 4) is 0 Å². The van der Waals surface area contributed by atoms with Crippen LogP contribution < -0.4 is 4.90 Å². The van der Waals surface area contributed by atoms with Crippen LogP contribution in [0, 0.1) is 0 Å². The number of likely N-dealkylation sites (N-methyl/N-ethyl adjacent to an activating group) is 2. The van der Waals surface area contributed by atoms with Gasteiger partial charge in [-0.05, 0) is 42.3 Å². The maximum Gasteiger partial charge on any atom is 0.337 e. The van der Waals surface area contributed by atoms with E-state index in [0.29, 0.717) is 11.3 Å². The fourth-order valence-electron chi connectivity index (χ4n) is 3.82. The van der Waals surface area contributed by atoms with Gasteiger partial charge in [0.1, 0.15) is 6.04 Å². The summed E-state index contributed by atoms with van der Waals surface area (Å²) in [5.41, 5.74) is 1.59. The quantitative estimate of drug-likeness (QED) is 0.414. The maximum absolute atomic E-state index is 13.2. The molecule has 1 heterocycles. The third-order valence-corrected chi connectivity index (χ3v) is 7.79. The fourth-order valence-corrected chi connectivity index (χ4v) is 5.71. The van der Waals surface area contributed by atoms with Gasteiger partial charge < -0.3 is 14.5 Å². The zero-order valence-corrected chi connectivity index (χ0v) is 22.0. The Kier molecular flexibility index (Phi) is 8.93. The summed E-state index contributed by atoms with van der Waals surface area (Å²) in [6.07, 6.45) is 1.72. The number of esters is 1. The van der Waals surface area contributed by atoms with Crippen LogP contribution in [0.2, 0.25) is 0 Å². The minimum atomic E-state index is -3.90. The van der Waals surface area contributed by atoms with Crippen molar-refractivity contribution in [1.29, 1.82) is 0 Å². The molecule has 0 aliphatic carbocycles. The summed E-state index contributed by atoms with van der Waals surface area (Å²) in [7, 11) is 0.403. The van der Waals surface area contributed by atoms with Crippen LogP contribution in [0.25, 0.3) is 6.08 Å². The molecule has 9 nitrogen and oxygen atoms in total. The van der Waals surface area contributed by atoms with E-state index in [1.54, 1.807) is 43.4 Å². The van der Waals surface area contributed by atoms with Crippen molar-refractivity contribution >= 4 is 52.2 Å². The molecular formula is C25H29N3O6S2. The minimum absolute atomic E-state index is 0.0925. The number of carbonyl (C=O) groups excluding carboxylic acids is 3. The summed E-state index contributed by atoms with van der Waals surface area (Å²) in [5, 5.41) is 0.782. The van der Waals surface area contributed by atoms with E-state index < -0.39 is 27.9 Å². The van der Waals surface area contributed by atoms with Crippen LogP contribution in [0.4, 0.5) is 5.69 Å². The molecule has 2 unspecified atom stereocenters. The summed E-state index contributed by atoms with van der Waals surface area (Å²) in [6.45, 7) is -0.162. The zero-order valence-electron chi connectivity index (χ0n) is 20.3. The lowest BCUT2D eigenvalue weighted by molar-refractivity contribution is -0.136. The summed E-state index contributed by atoms with van der Waals surface area (Å²) >= 11 is 4.41. The second kappa shape index (κ2) is 11.7. The molecule has 1 fully saturated rings. The predicted octanol–water partition coefficient (Wildman–Crippen LogP) is 2.27. The van der Waals surface area contributed by atoms with Gasteiger partial charge in [-0.2, -0.15) is 16.9 Å². The second-order valence-corrected chi connectivity index (χ2v) is 10.9. The minimum Gasteiger partial charge on any atom is -0.465 e. The molecule has 1 aliphatic heterocycles. The summed E-state index contributed by atoms with van der Waals surface area (Å²) in [4.78, 5) is 40.2. The van der Waals surface area contributed by atoms with E-state index in [4.69, 9.17) is 0 Å². The van der Waals surface area contributed by atoms with Crippen molar-refractivity contribution in [2.75, 3.05) is 39.2 Å². The molecule has 2 aromatic rings. The standard InChI is InChI=1S/C25H29N3O6S2/c1-26(17-23(29)27(2)20-11-9-19(10-12-20)25(31)34-3)24(30)22-15-21(35)16-28(22)36(32,33)14-13-18-7-5-4-6-8-18/h4-14,21-22,35H,15-17H2,1-3H3/b14-13+. The molecule has 0 bridgehead atoms. The van der Waals surface area contributed by atoms with Crippen LogP contribution >= 0.6 is 12.6 Å². The molecule has 2 atom stereocenters. The molecule has 3 rings (SSSR count).